The third-order valence-electron chi connectivity index (χ3n) is 5.46. The van der Waals surface area contributed by atoms with Crippen LogP contribution in [0.15, 0.2) is 35.1 Å². The fourth-order valence-corrected chi connectivity index (χ4v) is 3.95. The van der Waals surface area contributed by atoms with Crippen molar-refractivity contribution >= 4 is 11.7 Å². The molecule has 10 nitrogen and oxygen atoms in total. The molecule has 1 fully saturated rings. The number of aromatic nitrogens is 7. The molecule has 31 heavy (non-hydrogen) atoms. The molecular weight excluding hydrogens is 396 g/mol. The van der Waals surface area contributed by atoms with Gasteiger partial charge in [0.05, 0.1) is 12.3 Å². The van der Waals surface area contributed by atoms with E-state index in [1.54, 1.807) is 16.9 Å². The largest absolute Gasteiger partial charge is 0.342 e. The Hall–Kier alpha value is -3.69. The fourth-order valence-electron chi connectivity index (χ4n) is 3.95. The Balaban J connectivity index is 1.29. The van der Waals surface area contributed by atoms with Crippen molar-refractivity contribution in [3.05, 3.63) is 53.7 Å². The molecule has 0 aromatic carbocycles. The zero-order valence-corrected chi connectivity index (χ0v) is 17.4. The van der Waals surface area contributed by atoms with Crippen LogP contribution in [0, 0.1) is 13.8 Å². The van der Waals surface area contributed by atoms with E-state index in [0.29, 0.717) is 36.4 Å². The van der Waals surface area contributed by atoms with Crippen LogP contribution < -0.4 is 0 Å². The molecule has 0 saturated carbocycles. The van der Waals surface area contributed by atoms with E-state index in [2.05, 4.69) is 30.2 Å². The Bertz CT molecular complexity index is 1230. The molecule has 5 heterocycles. The number of hydrogen-bond donors (Lipinski definition) is 0. The van der Waals surface area contributed by atoms with E-state index >= 15 is 0 Å². The summed E-state index contributed by atoms with van der Waals surface area (Å²) in [5, 5.41) is 8.53. The van der Waals surface area contributed by atoms with Crippen LogP contribution in [0.5, 0.6) is 0 Å². The van der Waals surface area contributed by atoms with Crippen LogP contribution >= 0.6 is 0 Å². The van der Waals surface area contributed by atoms with E-state index in [9.17, 15) is 4.79 Å². The first-order valence-corrected chi connectivity index (χ1v) is 10.3. The van der Waals surface area contributed by atoms with Gasteiger partial charge in [0, 0.05) is 42.4 Å². The maximum atomic E-state index is 12.9. The Labute approximate surface area is 178 Å². The van der Waals surface area contributed by atoms with Gasteiger partial charge < -0.3 is 9.42 Å². The highest BCUT2D eigenvalue weighted by molar-refractivity contribution is 5.78. The molecule has 4 aromatic rings. The second-order valence-corrected chi connectivity index (χ2v) is 7.83. The zero-order valence-electron chi connectivity index (χ0n) is 17.4. The molecule has 0 N–H and O–H groups in total. The SMILES string of the molecule is Cc1cc(C)n2nc(CC(=O)N3CCCC(c4nc(-c5cccnc5)no4)C3)nc2n1. The number of aryl methyl sites for hydroxylation is 2. The highest BCUT2D eigenvalue weighted by atomic mass is 16.5. The summed E-state index contributed by atoms with van der Waals surface area (Å²) in [7, 11) is 0. The molecule has 1 amide bonds. The minimum atomic E-state index is -0.0121. The van der Waals surface area contributed by atoms with Crippen molar-refractivity contribution in [2.24, 2.45) is 0 Å². The summed E-state index contributed by atoms with van der Waals surface area (Å²) in [5.74, 6) is 2.06. The van der Waals surface area contributed by atoms with Crippen molar-refractivity contribution in [2.45, 2.75) is 39.0 Å². The molecule has 1 unspecified atom stereocenters. The maximum Gasteiger partial charge on any atom is 0.252 e. The summed E-state index contributed by atoms with van der Waals surface area (Å²) >= 11 is 0. The van der Waals surface area contributed by atoms with Crippen molar-refractivity contribution in [1.29, 1.82) is 0 Å². The number of rotatable bonds is 4. The number of nitrogens with zero attached hydrogens (tertiary/aromatic N) is 8. The summed E-state index contributed by atoms with van der Waals surface area (Å²) in [6, 6.07) is 5.66. The standard InChI is InChI=1S/C21H22N8O2/c1-13-9-14(2)29-21(23-13)24-17(26-29)10-18(30)28-8-4-6-16(12-28)20-25-19(27-31-20)15-5-3-7-22-11-15/h3,5,7,9,11,16H,4,6,8,10,12H2,1-2H3. The summed E-state index contributed by atoms with van der Waals surface area (Å²) in [4.78, 5) is 32.2. The molecule has 1 aliphatic heterocycles. The topological polar surface area (TPSA) is 115 Å². The molecule has 1 saturated heterocycles. The first-order chi connectivity index (χ1) is 15.1. The van der Waals surface area contributed by atoms with Crippen molar-refractivity contribution in [3.63, 3.8) is 0 Å². The monoisotopic (exact) mass is 418 g/mol. The van der Waals surface area contributed by atoms with Crippen molar-refractivity contribution in [2.75, 3.05) is 13.1 Å². The van der Waals surface area contributed by atoms with Gasteiger partial charge in [0.2, 0.25) is 17.6 Å². The Morgan fingerprint density at radius 1 is 1.26 bits per heavy atom. The lowest BCUT2D eigenvalue weighted by molar-refractivity contribution is -0.131. The van der Waals surface area contributed by atoms with Gasteiger partial charge in [0.25, 0.3) is 5.78 Å². The van der Waals surface area contributed by atoms with Crippen LogP contribution in [0.25, 0.3) is 17.2 Å². The molecule has 10 heteroatoms. The molecule has 0 bridgehead atoms. The lowest BCUT2D eigenvalue weighted by Gasteiger charge is -2.30. The number of fused-ring (bicyclic) bond motifs is 1. The van der Waals surface area contributed by atoms with E-state index in [-0.39, 0.29) is 18.2 Å². The van der Waals surface area contributed by atoms with Crippen LogP contribution in [-0.2, 0) is 11.2 Å². The lowest BCUT2D eigenvalue weighted by Crippen LogP contribution is -2.40. The Kier molecular flexibility index (Phi) is 4.89. The first-order valence-electron chi connectivity index (χ1n) is 10.3. The van der Waals surface area contributed by atoms with E-state index in [1.807, 2.05) is 36.9 Å². The van der Waals surface area contributed by atoms with Gasteiger partial charge in [0.15, 0.2) is 5.82 Å². The predicted octanol–water partition coefficient (Wildman–Crippen LogP) is 2.13. The highest BCUT2D eigenvalue weighted by Gasteiger charge is 2.29. The van der Waals surface area contributed by atoms with Crippen LogP contribution in [0.3, 0.4) is 0 Å². The normalized spacial score (nSPS) is 16.7. The second-order valence-electron chi connectivity index (χ2n) is 7.83. The molecule has 1 atom stereocenters. The molecule has 0 aliphatic carbocycles. The third kappa shape index (κ3) is 3.88. The number of likely N-dealkylation sites (tertiary alicyclic amines) is 1. The number of pyridine rings is 1. The Morgan fingerprint density at radius 3 is 3.00 bits per heavy atom. The Morgan fingerprint density at radius 2 is 2.16 bits per heavy atom. The van der Waals surface area contributed by atoms with Crippen LogP contribution in [0.2, 0.25) is 0 Å². The quantitative estimate of drug-likeness (QED) is 0.495. The van der Waals surface area contributed by atoms with E-state index in [0.717, 1.165) is 29.8 Å². The summed E-state index contributed by atoms with van der Waals surface area (Å²) in [6.45, 7) is 5.10. The minimum absolute atomic E-state index is 0.0104. The number of amides is 1. The molecule has 4 aromatic heterocycles. The van der Waals surface area contributed by atoms with Crippen LogP contribution in [0.4, 0.5) is 0 Å². The van der Waals surface area contributed by atoms with E-state index in [4.69, 9.17) is 4.52 Å². The van der Waals surface area contributed by atoms with Gasteiger partial charge in [-0.3, -0.25) is 9.78 Å². The predicted molar refractivity (Wildman–Crippen MR) is 110 cm³/mol. The number of hydrogen-bond acceptors (Lipinski definition) is 8. The van der Waals surface area contributed by atoms with Crippen molar-refractivity contribution in [3.8, 4) is 11.4 Å². The van der Waals surface area contributed by atoms with Crippen molar-refractivity contribution < 1.29 is 9.32 Å². The molecule has 5 rings (SSSR count). The highest BCUT2D eigenvalue weighted by Crippen LogP contribution is 2.27. The summed E-state index contributed by atoms with van der Waals surface area (Å²) in [5.41, 5.74) is 2.62. The van der Waals surface area contributed by atoms with E-state index in [1.165, 1.54) is 0 Å². The van der Waals surface area contributed by atoms with Gasteiger partial charge in [-0.2, -0.15) is 9.97 Å². The molecule has 0 radical (unpaired) electrons. The van der Waals surface area contributed by atoms with E-state index < -0.39 is 0 Å². The number of carbonyl (C=O) groups is 1. The van der Waals surface area contributed by atoms with Gasteiger partial charge in [0.1, 0.15) is 0 Å². The van der Waals surface area contributed by atoms with Crippen LogP contribution in [-0.4, -0.2) is 58.6 Å². The molecule has 158 valence electrons. The molecular formula is C21H22N8O2. The lowest BCUT2D eigenvalue weighted by atomic mass is 9.97. The summed E-state index contributed by atoms with van der Waals surface area (Å²) < 4.78 is 7.18. The van der Waals surface area contributed by atoms with Gasteiger partial charge in [-0.25, -0.2) is 9.50 Å². The number of carbonyl (C=O) groups excluding carboxylic acids is 1. The average molecular weight is 418 g/mol. The van der Waals surface area contributed by atoms with Gasteiger partial charge in [-0.05, 0) is 44.9 Å². The van der Waals surface area contributed by atoms with Gasteiger partial charge >= 0.3 is 0 Å². The third-order valence-corrected chi connectivity index (χ3v) is 5.46. The minimum Gasteiger partial charge on any atom is -0.342 e. The fraction of sp³-hybridized carbons (Fsp3) is 0.381. The van der Waals surface area contributed by atoms with Crippen LogP contribution in [0.1, 0.15) is 41.9 Å². The zero-order chi connectivity index (χ0) is 21.4. The second kappa shape index (κ2) is 7.86. The summed E-state index contributed by atoms with van der Waals surface area (Å²) in [6.07, 6.45) is 5.31. The van der Waals surface area contributed by atoms with Gasteiger partial charge in [-0.1, -0.05) is 5.16 Å². The first kappa shape index (κ1) is 19.3. The number of piperidine rings is 1. The van der Waals surface area contributed by atoms with Crippen molar-refractivity contribution in [1.82, 2.24) is 39.6 Å². The molecule has 0 spiro atoms. The smallest absolute Gasteiger partial charge is 0.252 e. The maximum absolute atomic E-state index is 12.9. The molecule has 1 aliphatic rings. The average Bonchev–Trinajstić information content (AvgIpc) is 3.42. The van der Waals surface area contributed by atoms with Gasteiger partial charge in [-0.15, -0.1) is 5.10 Å².